The lowest BCUT2D eigenvalue weighted by molar-refractivity contribution is 0.0204. The molecule has 0 N–H and O–H groups in total. The van der Waals surface area contributed by atoms with Crippen LogP contribution in [0.15, 0.2) is 18.0 Å². The predicted molar refractivity (Wildman–Crippen MR) is 114 cm³/mol. The Hall–Kier alpha value is -1.93. The number of likely N-dealkylation sites (tertiary alicyclic amines) is 1. The summed E-state index contributed by atoms with van der Waals surface area (Å²) in [5.74, 6) is 0.321. The van der Waals surface area contributed by atoms with E-state index in [0.717, 1.165) is 50.6 Å². The number of hydrogen-bond acceptors (Lipinski definition) is 6. The van der Waals surface area contributed by atoms with Gasteiger partial charge < -0.3 is 14.5 Å². The summed E-state index contributed by atoms with van der Waals surface area (Å²) >= 11 is 1.56. The van der Waals surface area contributed by atoms with E-state index in [1.54, 1.807) is 16.2 Å². The number of rotatable bonds is 4. The van der Waals surface area contributed by atoms with E-state index in [9.17, 15) is 9.59 Å². The molecule has 7 nitrogen and oxygen atoms in total. The van der Waals surface area contributed by atoms with Gasteiger partial charge in [0.1, 0.15) is 11.3 Å². The van der Waals surface area contributed by atoms with Crippen molar-refractivity contribution in [1.82, 2.24) is 19.7 Å². The fraction of sp³-hybridized carbons (Fsp3) is 0.667. The molecule has 0 spiro atoms. The lowest BCUT2D eigenvalue weighted by Crippen LogP contribution is -2.48. The first-order chi connectivity index (χ1) is 13.8. The van der Waals surface area contributed by atoms with E-state index in [1.807, 2.05) is 37.1 Å². The van der Waals surface area contributed by atoms with Crippen LogP contribution in [0.4, 0.5) is 4.79 Å². The molecule has 0 radical (unpaired) electrons. The third-order valence-electron chi connectivity index (χ3n) is 5.28. The highest BCUT2D eigenvalue weighted by Gasteiger charge is 2.30. The maximum absolute atomic E-state index is 12.8. The molecule has 1 aromatic heterocycles. The van der Waals surface area contributed by atoms with Gasteiger partial charge in [-0.15, -0.1) is 17.9 Å². The van der Waals surface area contributed by atoms with E-state index in [1.165, 1.54) is 0 Å². The van der Waals surface area contributed by atoms with Crippen LogP contribution in [0.2, 0.25) is 0 Å². The van der Waals surface area contributed by atoms with E-state index < -0.39 is 5.60 Å². The molecule has 0 bridgehead atoms. The molecule has 3 heterocycles. The average Bonchev–Trinajstić information content (AvgIpc) is 3.17. The van der Waals surface area contributed by atoms with Crippen LogP contribution in [-0.2, 0) is 4.74 Å². The van der Waals surface area contributed by atoms with Crippen molar-refractivity contribution in [2.24, 2.45) is 0 Å². The molecule has 1 aromatic rings. The summed E-state index contributed by atoms with van der Waals surface area (Å²) < 4.78 is 5.46. The van der Waals surface area contributed by atoms with Crippen molar-refractivity contribution in [3.63, 3.8) is 0 Å². The zero-order valence-electron chi connectivity index (χ0n) is 17.7. The number of nitrogens with zero attached hydrogens (tertiary/aromatic N) is 4. The molecule has 2 amide bonds. The monoisotopic (exact) mass is 420 g/mol. The van der Waals surface area contributed by atoms with E-state index in [-0.39, 0.29) is 12.0 Å². The van der Waals surface area contributed by atoms with Gasteiger partial charge in [-0.1, -0.05) is 6.08 Å². The number of hydrogen-bond donors (Lipinski definition) is 0. The van der Waals surface area contributed by atoms with Crippen LogP contribution >= 0.6 is 11.3 Å². The Morgan fingerprint density at radius 3 is 2.41 bits per heavy atom. The van der Waals surface area contributed by atoms with Gasteiger partial charge in [-0.2, -0.15) is 0 Å². The van der Waals surface area contributed by atoms with Gasteiger partial charge in [-0.05, 0) is 33.6 Å². The second-order valence-electron chi connectivity index (χ2n) is 8.69. The Bertz CT molecular complexity index is 727. The summed E-state index contributed by atoms with van der Waals surface area (Å²) in [5, 5.41) is 2.89. The Balaban J connectivity index is 1.51. The van der Waals surface area contributed by atoms with Gasteiger partial charge in [0.15, 0.2) is 0 Å². The second kappa shape index (κ2) is 9.26. The third kappa shape index (κ3) is 5.79. The smallest absolute Gasteiger partial charge is 0.410 e. The quantitative estimate of drug-likeness (QED) is 0.700. The van der Waals surface area contributed by atoms with E-state index in [0.29, 0.717) is 24.7 Å². The standard InChI is InChI=1S/C21H32N4O3S/c1-5-8-23-11-13-24(14-12-23)19(26)17-15-29-18(22-17)16-6-9-25(10-7-16)20(27)28-21(2,3)4/h5,15-16H,1,6-14H2,2-4H3. The zero-order valence-corrected chi connectivity index (χ0v) is 18.5. The fourth-order valence-electron chi connectivity index (χ4n) is 3.69. The second-order valence-corrected chi connectivity index (χ2v) is 9.58. The summed E-state index contributed by atoms with van der Waals surface area (Å²) in [6.45, 7) is 14.8. The highest BCUT2D eigenvalue weighted by molar-refractivity contribution is 7.09. The van der Waals surface area contributed by atoms with Crippen molar-refractivity contribution in [1.29, 1.82) is 0 Å². The van der Waals surface area contributed by atoms with Crippen LogP contribution < -0.4 is 0 Å². The zero-order chi connectivity index (χ0) is 21.0. The minimum atomic E-state index is -0.477. The molecule has 0 aromatic carbocycles. The maximum atomic E-state index is 12.8. The first-order valence-corrected chi connectivity index (χ1v) is 11.2. The number of carbonyl (C=O) groups is 2. The Labute approximate surface area is 177 Å². The fourth-order valence-corrected chi connectivity index (χ4v) is 4.65. The van der Waals surface area contributed by atoms with Gasteiger partial charge in [0, 0.05) is 57.1 Å². The predicted octanol–water partition coefficient (Wildman–Crippen LogP) is 3.20. The van der Waals surface area contributed by atoms with Gasteiger partial charge in [-0.25, -0.2) is 9.78 Å². The van der Waals surface area contributed by atoms with Gasteiger partial charge in [0.05, 0.1) is 5.01 Å². The minimum absolute atomic E-state index is 0.0249. The lowest BCUT2D eigenvalue weighted by Gasteiger charge is -2.33. The summed E-state index contributed by atoms with van der Waals surface area (Å²) in [6.07, 6.45) is 3.35. The van der Waals surface area contributed by atoms with Crippen molar-refractivity contribution in [2.45, 2.75) is 45.1 Å². The molecule has 2 fully saturated rings. The molecule has 0 unspecified atom stereocenters. The molecule has 29 heavy (non-hydrogen) atoms. The normalized spacial score (nSPS) is 19.3. The topological polar surface area (TPSA) is 66.0 Å². The Kier molecular flexibility index (Phi) is 6.95. The number of aromatic nitrogens is 1. The molecule has 8 heteroatoms. The van der Waals surface area contributed by atoms with Crippen molar-refractivity contribution in [2.75, 3.05) is 45.8 Å². The molecule has 0 atom stereocenters. The van der Waals surface area contributed by atoms with Crippen LogP contribution in [0.5, 0.6) is 0 Å². The van der Waals surface area contributed by atoms with E-state index in [2.05, 4.69) is 16.5 Å². The number of carbonyl (C=O) groups excluding carboxylic acids is 2. The molecule has 2 aliphatic heterocycles. The third-order valence-corrected chi connectivity index (χ3v) is 6.29. The number of amides is 2. The number of piperidine rings is 1. The maximum Gasteiger partial charge on any atom is 0.410 e. The molecular formula is C21H32N4O3S. The molecule has 3 rings (SSSR count). The average molecular weight is 421 g/mol. The number of thiazole rings is 1. The molecule has 2 aliphatic rings. The Morgan fingerprint density at radius 2 is 1.83 bits per heavy atom. The molecule has 0 aliphatic carbocycles. The van der Waals surface area contributed by atoms with Crippen LogP contribution in [0, 0.1) is 0 Å². The van der Waals surface area contributed by atoms with E-state index in [4.69, 9.17) is 4.74 Å². The number of piperazine rings is 1. The molecule has 160 valence electrons. The number of ether oxygens (including phenoxy) is 1. The van der Waals surface area contributed by atoms with Gasteiger partial charge in [0.2, 0.25) is 0 Å². The molecule has 2 saturated heterocycles. The summed E-state index contributed by atoms with van der Waals surface area (Å²) in [7, 11) is 0. The van der Waals surface area contributed by atoms with Gasteiger partial charge in [0.25, 0.3) is 5.91 Å². The van der Waals surface area contributed by atoms with Gasteiger partial charge >= 0.3 is 6.09 Å². The molecule has 0 saturated carbocycles. The van der Waals surface area contributed by atoms with Crippen molar-refractivity contribution < 1.29 is 14.3 Å². The lowest BCUT2D eigenvalue weighted by atomic mass is 9.98. The summed E-state index contributed by atoms with van der Waals surface area (Å²) in [5.41, 5.74) is 0.0760. The first kappa shape index (κ1) is 21.8. The highest BCUT2D eigenvalue weighted by Crippen LogP contribution is 2.31. The first-order valence-electron chi connectivity index (χ1n) is 10.3. The van der Waals surface area contributed by atoms with Crippen molar-refractivity contribution >= 4 is 23.3 Å². The van der Waals surface area contributed by atoms with Crippen molar-refractivity contribution in [3.8, 4) is 0 Å². The van der Waals surface area contributed by atoms with Crippen LogP contribution in [0.25, 0.3) is 0 Å². The highest BCUT2D eigenvalue weighted by atomic mass is 32.1. The Morgan fingerprint density at radius 1 is 1.17 bits per heavy atom. The SMILES string of the molecule is C=CCN1CCN(C(=O)c2csc(C3CCN(C(=O)OC(C)(C)C)CC3)n2)CC1. The molecular weight excluding hydrogens is 388 g/mol. The van der Waals surface area contributed by atoms with Crippen LogP contribution in [0.3, 0.4) is 0 Å². The minimum Gasteiger partial charge on any atom is -0.444 e. The largest absolute Gasteiger partial charge is 0.444 e. The van der Waals surface area contributed by atoms with Crippen LogP contribution in [-0.4, -0.2) is 83.1 Å². The summed E-state index contributed by atoms with van der Waals surface area (Å²) in [6, 6.07) is 0. The summed E-state index contributed by atoms with van der Waals surface area (Å²) in [4.78, 5) is 35.6. The van der Waals surface area contributed by atoms with Gasteiger partial charge in [-0.3, -0.25) is 9.69 Å². The van der Waals surface area contributed by atoms with Crippen molar-refractivity contribution in [3.05, 3.63) is 28.7 Å². The van der Waals surface area contributed by atoms with Crippen LogP contribution in [0.1, 0.15) is 55.0 Å². The van der Waals surface area contributed by atoms with E-state index >= 15 is 0 Å².